The van der Waals surface area contributed by atoms with Gasteiger partial charge < -0.3 is 19.2 Å². The molecule has 0 unspecified atom stereocenters. The fourth-order valence-electron chi connectivity index (χ4n) is 2.67. The Morgan fingerprint density at radius 3 is 2.64 bits per heavy atom. The second-order valence-electron chi connectivity index (χ2n) is 7.14. The topological polar surface area (TPSA) is 92.9 Å². The highest BCUT2D eigenvalue weighted by atomic mass is 32.2. The van der Waals surface area contributed by atoms with Crippen molar-refractivity contribution in [3.8, 4) is 0 Å². The van der Waals surface area contributed by atoms with Gasteiger partial charge in [-0.3, -0.25) is 4.79 Å². The molecule has 134 valence electrons. The minimum Gasteiger partial charge on any atom is -0.481 e. The predicted octanol–water partition coefficient (Wildman–Crippen LogP) is 3.38. The quantitative estimate of drug-likeness (QED) is 0.889. The van der Waals surface area contributed by atoms with E-state index in [1.54, 1.807) is 20.8 Å². The summed E-state index contributed by atoms with van der Waals surface area (Å²) in [7, 11) is 0. The van der Waals surface area contributed by atoms with Crippen LogP contribution in [0.25, 0.3) is 11.1 Å². The normalized spacial score (nSPS) is 16.5. The van der Waals surface area contributed by atoms with Crippen LogP contribution in [0.15, 0.2) is 33.9 Å². The number of carboxylic acid groups (broad SMARTS) is 1. The average molecular weight is 364 g/mol. The molecule has 1 N–H and O–H groups in total. The summed E-state index contributed by atoms with van der Waals surface area (Å²) in [6.07, 6.45) is -0.526. The van der Waals surface area contributed by atoms with E-state index in [9.17, 15) is 14.7 Å². The molecule has 0 bridgehead atoms. The number of hydrogen-bond acceptors (Lipinski definition) is 6. The van der Waals surface area contributed by atoms with E-state index >= 15 is 0 Å². The van der Waals surface area contributed by atoms with Crippen LogP contribution in [-0.2, 0) is 9.53 Å². The van der Waals surface area contributed by atoms with Gasteiger partial charge in [-0.2, -0.15) is 0 Å². The highest BCUT2D eigenvalue weighted by Crippen LogP contribution is 2.43. The number of rotatable bonds is 4. The molecule has 0 atom stereocenters. The number of likely N-dealkylation sites (tertiary alicyclic amines) is 1. The van der Waals surface area contributed by atoms with E-state index in [2.05, 4.69) is 4.98 Å². The Morgan fingerprint density at radius 2 is 2.04 bits per heavy atom. The van der Waals surface area contributed by atoms with E-state index in [-0.39, 0.29) is 19.5 Å². The van der Waals surface area contributed by atoms with Crippen LogP contribution in [0, 0.1) is 0 Å². The number of benzene rings is 1. The first kappa shape index (κ1) is 17.6. The van der Waals surface area contributed by atoms with Gasteiger partial charge in [0.1, 0.15) is 11.1 Å². The van der Waals surface area contributed by atoms with Gasteiger partial charge in [0.05, 0.1) is 11.2 Å². The molecule has 1 aromatic heterocycles. The van der Waals surface area contributed by atoms with E-state index in [1.165, 1.54) is 16.7 Å². The third kappa shape index (κ3) is 4.07. The smallest absolute Gasteiger partial charge is 0.410 e. The Labute approximate surface area is 149 Å². The lowest BCUT2D eigenvalue weighted by Gasteiger charge is -2.47. The Morgan fingerprint density at radius 1 is 1.36 bits per heavy atom. The van der Waals surface area contributed by atoms with E-state index in [1.807, 2.05) is 24.3 Å². The summed E-state index contributed by atoms with van der Waals surface area (Å²) in [5.41, 5.74) is 0.785. The first-order valence-corrected chi connectivity index (χ1v) is 8.72. The van der Waals surface area contributed by atoms with Crippen LogP contribution in [0.4, 0.5) is 4.79 Å². The number of aliphatic carboxylic acids is 1. The third-order valence-electron chi connectivity index (χ3n) is 3.66. The number of fused-ring (bicyclic) bond motifs is 1. The summed E-state index contributed by atoms with van der Waals surface area (Å²) < 4.78 is 10.3. The van der Waals surface area contributed by atoms with E-state index in [4.69, 9.17) is 9.15 Å². The molecule has 1 amide bonds. The van der Waals surface area contributed by atoms with Crippen LogP contribution in [0.2, 0.25) is 0 Å². The minimum atomic E-state index is -0.924. The Bertz CT molecular complexity index is 772. The van der Waals surface area contributed by atoms with Crippen LogP contribution in [0.3, 0.4) is 0 Å². The number of carbonyl (C=O) groups is 2. The highest BCUT2D eigenvalue weighted by Gasteiger charge is 2.50. The van der Waals surface area contributed by atoms with Crippen LogP contribution in [-0.4, -0.2) is 50.5 Å². The molecule has 2 heterocycles. The summed E-state index contributed by atoms with van der Waals surface area (Å²) >= 11 is 1.26. The van der Waals surface area contributed by atoms with Crippen LogP contribution in [0.1, 0.15) is 27.2 Å². The number of oxazole rings is 1. The molecular formula is C17H20N2O5S. The molecule has 1 aliphatic heterocycles. The van der Waals surface area contributed by atoms with Crippen molar-refractivity contribution >= 4 is 34.9 Å². The van der Waals surface area contributed by atoms with E-state index in [0.29, 0.717) is 10.8 Å². The van der Waals surface area contributed by atoms with Crippen LogP contribution in [0.5, 0.6) is 0 Å². The van der Waals surface area contributed by atoms with E-state index in [0.717, 1.165) is 5.52 Å². The van der Waals surface area contributed by atoms with Gasteiger partial charge in [-0.05, 0) is 32.9 Å². The summed E-state index contributed by atoms with van der Waals surface area (Å²) in [4.78, 5) is 29.3. The number of thioether (sulfide) groups is 1. The lowest BCUT2D eigenvalue weighted by atomic mass is 9.95. The molecule has 0 aliphatic carbocycles. The second kappa shape index (κ2) is 6.25. The zero-order valence-electron chi connectivity index (χ0n) is 14.3. The van der Waals surface area contributed by atoms with Gasteiger partial charge in [-0.25, -0.2) is 9.78 Å². The number of nitrogens with zero attached hydrogens (tertiary/aromatic N) is 2. The first-order valence-electron chi connectivity index (χ1n) is 7.90. The Balaban J connectivity index is 1.73. The molecule has 3 rings (SSSR count). The zero-order chi connectivity index (χ0) is 18.2. The maximum atomic E-state index is 12.1. The number of carboxylic acids is 1. The lowest BCUT2D eigenvalue weighted by molar-refractivity contribution is -0.138. The fraction of sp³-hybridized carbons (Fsp3) is 0.471. The summed E-state index contributed by atoms with van der Waals surface area (Å²) in [5.74, 6) is -0.924. The number of hydrogen-bond donors (Lipinski definition) is 1. The maximum absolute atomic E-state index is 12.1. The Kier molecular flexibility index (Phi) is 4.40. The standard InChI is InChI=1S/C17H20N2O5S/c1-16(2,3)24-15(22)19-9-17(10-19,8-13(20)21)25-14-18-11-6-4-5-7-12(11)23-14/h4-7H,8-10H2,1-3H3,(H,20,21). The molecule has 25 heavy (non-hydrogen) atoms. The van der Waals surface area contributed by atoms with E-state index < -0.39 is 22.4 Å². The number of para-hydroxylation sites is 2. The summed E-state index contributed by atoms with van der Waals surface area (Å²) in [6, 6.07) is 7.35. The van der Waals surface area contributed by atoms with Crippen molar-refractivity contribution in [1.82, 2.24) is 9.88 Å². The van der Waals surface area contributed by atoms with Gasteiger partial charge in [0.2, 0.25) is 0 Å². The van der Waals surface area contributed by atoms with Crippen molar-refractivity contribution in [2.24, 2.45) is 0 Å². The van der Waals surface area contributed by atoms with Gasteiger partial charge in [0, 0.05) is 13.1 Å². The molecule has 1 aliphatic rings. The molecule has 0 radical (unpaired) electrons. The summed E-state index contributed by atoms with van der Waals surface area (Å²) in [5, 5.41) is 9.65. The largest absolute Gasteiger partial charge is 0.481 e. The lowest BCUT2D eigenvalue weighted by Crippen LogP contribution is -2.62. The van der Waals surface area contributed by atoms with Crippen molar-refractivity contribution in [2.45, 2.75) is 42.8 Å². The monoisotopic (exact) mass is 364 g/mol. The molecule has 2 aromatic rings. The van der Waals surface area contributed by atoms with Crippen molar-refractivity contribution in [3.63, 3.8) is 0 Å². The molecule has 0 spiro atoms. The molecular weight excluding hydrogens is 344 g/mol. The SMILES string of the molecule is CC(C)(C)OC(=O)N1CC(CC(=O)O)(Sc2nc3ccccc3o2)C1. The van der Waals surface area contributed by atoms with Crippen LogP contribution < -0.4 is 0 Å². The molecule has 7 nitrogen and oxygen atoms in total. The van der Waals surface area contributed by atoms with Crippen molar-refractivity contribution in [1.29, 1.82) is 0 Å². The zero-order valence-corrected chi connectivity index (χ0v) is 15.1. The summed E-state index contributed by atoms with van der Waals surface area (Å²) in [6.45, 7) is 5.93. The third-order valence-corrected chi connectivity index (χ3v) is 4.85. The van der Waals surface area contributed by atoms with Crippen molar-refractivity contribution in [2.75, 3.05) is 13.1 Å². The van der Waals surface area contributed by atoms with Crippen molar-refractivity contribution in [3.05, 3.63) is 24.3 Å². The van der Waals surface area contributed by atoms with Gasteiger partial charge in [0.25, 0.3) is 5.22 Å². The number of carbonyl (C=O) groups excluding carboxylic acids is 1. The van der Waals surface area contributed by atoms with Gasteiger partial charge in [-0.1, -0.05) is 23.9 Å². The highest BCUT2D eigenvalue weighted by molar-refractivity contribution is 8.00. The number of ether oxygens (including phenoxy) is 1. The molecule has 1 aromatic carbocycles. The average Bonchev–Trinajstić information content (AvgIpc) is 2.83. The van der Waals surface area contributed by atoms with Crippen LogP contribution >= 0.6 is 11.8 Å². The molecule has 0 saturated carbocycles. The molecule has 8 heteroatoms. The molecule has 1 saturated heterocycles. The van der Waals surface area contributed by atoms with Gasteiger partial charge in [-0.15, -0.1) is 0 Å². The number of amides is 1. The Hall–Kier alpha value is -2.22. The minimum absolute atomic E-state index is 0.0876. The maximum Gasteiger partial charge on any atom is 0.410 e. The first-order chi connectivity index (χ1) is 11.7. The van der Waals surface area contributed by atoms with Crippen molar-refractivity contribution < 1.29 is 23.8 Å². The van der Waals surface area contributed by atoms with Gasteiger partial charge in [0.15, 0.2) is 5.58 Å². The fourth-order valence-corrected chi connectivity index (χ4v) is 3.96. The second-order valence-corrected chi connectivity index (χ2v) is 8.56. The predicted molar refractivity (Wildman–Crippen MR) is 92.7 cm³/mol. The van der Waals surface area contributed by atoms with Gasteiger partial charge >= 0.3 is 12.1 Å². The molecule has 1 fully saturated rings. The number of aromatic nitrogens is 1.